The van der Waals surface area contributed by atoms with Crippen LogP contribution in [0.1, 0.15) is 24.1 Å². The lowest BCUT2D eigenvalue weighted by Gasteiger charge is -2.20. The van der Waals surface area contributed by atoms with Crippen molar-refractivity contribution in [2.45, 2.75) is 25.8 Å². The van der Waals surface area contributed by atoms with Crippen LogP contribution in [0, 0.1) is 0 Å². The second-order valence-corrected chi connectivity index (χ2v) is 4.26. The predicted octanol–water partition coefficient (Wildman–Crippen LogP) is 1.57. The Kier molecular flexibility index (Phi) is 5.43. The van der Waals surface area contributed by atoms with E-state index in [1.807, 2.05) is 6.20 Å². The Bertz CT molecular complexity index is 366. The second kappa shape index (κ2) is 6.38. The van der Waals surface area contributed by atoms with E-state index in [0.29, 0.717) is 0 Å². The van der Waals surface area contributed by atoms with Crippen LogP contribution in [0.3, 0.4) is 0 Å². The molecule has 96 valence electrons. The number of anilines is 1. The van der Waals surface area contributed by atoms with Crippen molar-refractivity contribution >= 4 is 30.8 Å². The van der Waals surface area contributed by atoms with Crippen LogP contribution in [0.25, 0.3) is 0 Å². The molecule has 1 fully saturated rings. The van der Waals surface area contributed by atoms with E-state index in [-0.39, 0.29) is 24.8 Å². The molecule has 0 aromatic carbocycles. The van der Waals surface area contributed by atoms with Crippen LogP contribution >= 0.6 is 24.8 Å². The van der Waals surface area contributed by atoms with Gasteiger partial charge in [-0.15, -0.1) is 24.8 Å². The normalized spacial score (nSPS) is 18.0. The van der Waals surface area contributed by atoms with Crippen molar-refractivity contribution in [3.63, 3.8) is 0 Å². The molecule has 2 aliphatic heterocycles. The third-order valence-electron chi connectivity index (χ3n) is 3.18. The van der Waals surface area contributed by atoms with Gasteiger partial charge in [0.15, 0.2) is 0 Å². The predicted molar refractivity (Wildman–Crippen MR) is 73.4 cm³/mol. The molecule has 17 heavy (non-hydrogen) atoms. The molecule has 3 heterocycles. The Hall–Kier alpha value is -0.580. The van der Waals surface area contributed by atoms with Gasteiger partial charge in [-0.25, -0.2) is 9.97 Å². The van der Waals surface area contributed by atoms with E-state index in [0.717, 1.165) is 38.5 Å². The molecule has 0 radical (unpaired) electrons. The lowest BCUT2D eigenvalue weighted by molar-refractivity contribution is 0.624. The van der Waals surface area contributed by atoms with Crippen molar-refractivity contribution in [2.24, 2.45) is 0 Å². The Labute approximate surface area is 114 Å². The number of halogens is 2. The molecule has 1 saturated heterocycles. The van der Waals surface area contributed by atoms with Crippen molar-refractivity contribution in [3.05, 3.63) is 17.5 Å². The lowest BCUT2D eigenvalue weighted by atomic mass is 10.1. The molecule has 4 nitrogen and oxygen atoms in total. The fraction of sp³-hybridized carbons (Fsp3) is 0.636. The average Bonchev–Trinajstić information content (AvgIpc) is 2.82. The fourth-order valence-corrected chi connectivity index (χ4v) is 2.30. The zero-order valence-corrected chi connectivity index (χ0v) is 11.3. The molecule has 2 aliphatic rings. The summed E-state index contributed by atoms with van der Waals surface area (Å²) in [6.45, 7) is 4.22. The molecule has 1 aromatic rings. The lowest BCUT2D eigenvalue weighted by Crippen LogP contribution is -2.27. The number of hydrogen-bond donors (Lipinski definition) is 1. The molecule has 0 atom stereocenters. The maximum atomic E-state index is 4.67. The topological polar surface area (TPSA) is 41.1 Å². The highest BCUT2D eigenvalue weighted by atomic mass is 35.5. The summed E-state index contributed by atoms with van der Waals surface area (Å²) in [7, 11) is 0. The van der Waals surface area contributed by atoms with Crippen LogP contribution in [0.15, 0.2) is 6.20 Å². The minimum atomic E-state index is 0. The zero-order chi connectivity index (χ0) is 10.1. The van der Waals surface area contributed by atoms with Gasteiger partial charge in [-0.3, -0.25) is 0 Å². The second-order valence-electron chi connectivity index (χ2n) is 4.26. The molecule has 3 rings (SSSR count). The van der Waals surface area contributed by atoms with Crippen molar-refractivity contribution in [3.8, 4) is 0 Å². The van der Waals surface area contributed by atoms with Crippen LogP contribution in [-0.2, 0) is 13.0 Å². The summed E-state index contributed by atoms with van der Waals surface area (Å²) < 4.78 is 0. The number of rotatable bonds is 1. The highest BCUT2D eigenvalue weighted by Crippen LogP contribution is 2.18. The number of nitrogens with one attached hydrogen (secondary N) is 1. The van der Waals surface area contributed by atoms with Crippen LogP contribution in [0.5, 0.6) is 0 Å². The molecule has 0 unspecified atom stereocenters. The van der Waals surface area contributed by atoms with Crippen molar-refractivity contribution in [2.75, 3.05) is 24.5 Å². The van der Waals surface area contributed by atoms with E-state index in [4.69, 9.17) is 0 Å². The third-order valence-corrected chi connectivity index (χ3v) is 3.18. The van der Waals surface area contributed by atoms with Crippen LogP contribution in [0.4, 0.5) is 5.95 Å². The highest BCUT2D eigenvalue weighted by molar-refractivity contribution is 5.85. The van der Waals surface area contributed by atoms with Gasteiger partial charge in [-0.05, 0) is 12.8 Å². The largest absolute Gasteiger partial charge is 0.341 e. The van der Waals surface area contributed by atoms with E-state index in [9.17, 15) is 0 Å². The summed E-state index contributed by atoms with van der Waals surface area (Å²) in [5.41, 5.74) is 2.51. The Morgan fingerprint density at radius 3 is 2.71 bits per heavy atom. The van der Waals surface area contributed by atoms with Gasteiger partial charge in [-0.2, -0.15) is 0 Å². The molecule has 6 heteroatoms. The summed E-state index contributed by atoms with van der Waals surface area (Å²) in [4.78, 5) is 11.4. The van der Waals surface area contributed by atoms with E-state index >= 15 is 0 Å². The van der Waals surface area contributed by atoms with Gasteiger partial charge in [0.2, 0.25) is 5.95 Å². The number of hydrogen-bond acceptors (Lipinski definition) is 4. The van der Waals surface area contributed by atoms with Crippen molar-refractivity contribution in [1.82, 2.24) is 15.3 Å². The summed E-state index contributed by atoms with van der Waals surface area (Å²) in [6.07, 6.45) is 5.59. The monoisotopic (exact) mass is 276 g/mol. The molecule has 0 bridgehead atoms. The van der Waals surface area contributed by atoms with Gasteiger partial charge in [-0.1, -0.05) is 0 Å². The van der Waals surface area contributed by atoms with Crippen molar-refractivity contribution < 1.29 is 0 Å². The molecule has 0 aliphatic carbocycles. The number of aromatic nitrogens is 2. The standard InChI is InChI=1S/C11H16N4.2ClH/c1-2-6-15(5-1)11-13-8-9-7-12-4-3-10(9)14-11;;/h8,12H,1-7H2;2*1H. The van der Waals surface area contributed by atoms with E-state index in [1.54, 1.807) is 0 Å². The maximum absolute atomic E-state index is 4.67. The van der Waals surface area contributed by atoms with Crippen LogP contribution in [0.2, 0.25) is 0 Å². The van der Waals surface area contributed by atoms with Gasteiger partial charge >= 0.3 is 0 Å². The third kappa shape index (κ3) is 3.00. The molecule has 0 spiro atoms. The molecular formula is C11H18Cl2N4. The van der Waals surface area contributed by atoms with Crippen LogP contribution < -0.4 is 10.2 Å². The van der Waals surface area contributed by atoms with Crippen molar-refractivity contribution in [1.29, 1.82) is 0 Å². The fourth-order valence-electron chi connectivity index (χ4n) is 2.30. The Balaban J connectivity index is 0.000000722. The average molecular weight is 277 g/mol. The van der Waals surface area contributed by atoms with Gasteiger partial charge in [0.25, 0.3) is 0 Å². The first kappa shape index (κ1) is 14.5. The summed E-state index contributed by atoms with van der Waals surface area (Å²) in [5, 5.41) is 3.34. The SMILES string of the molecule is Cl.Cl.c1nc(N2CCCC2)nc2c1CNCC2. The minimum absolute atomic E-state index is 0. The quantitative estimate of drug-likeness (QED) is 0.846. The first-order valence-electron chi connectivity index (χ1n) is 5.74. The molecule has 1 aromatic heterocycles. The first-order valence-corrected chi connectivity index (χ1v) is 5.74. The molecule has 1 N–H and O–H groups in total. The maximum Gasteiger partial charge on any atom is 0.225 e. The first-order chi connectivity index (χ1) is 7.43. The summed E-state index contributed by atoms with van der Waals surface area (Å²) in [6, 6.07) is 0. The van der Waals surface area contributed by atoms with E-state index in [1.165, 1.54) is 24.1 Å². The molecule has 0 saturated carbocycles. The summed E-state index contributed by atoms with van der Waals surface area (Å²) in [5.74, 6) is 0.938. The van der Waals surface area contributed by atoms with Gasteiger partial charge in [0.1, 0.15) is 0 Å². The highest BCUT2D eigenvalue weighted by Gasteiger charge is 2.17. The van der Waals surface area contributed by atoms with E-state index < -0.39 is 0 Å². The molecular weight excluding hydrogens is 259 g/mol. The Morgan fingerprint density at radius 2 is 1.94 bits per heavy atom. The van der Waals surface area contributed by atoms with Crippen LogP contribution in [-0.4, -0.2) is 29.6 Å². The smallest absolute Gasteiger partial charge is 0.225 e. The zero-order valence-electron chi connectivity index (χ0n) is 9.69. The van der Waals surface area contributed by atoms with Gasteiger partial charge < -0.3 is 10.2 Å². The Morgan fingerprint density at radius 1 is 1.18 bits per heavy atom. The summed E-state index contributed by atoms with van der Waals surface area (Å²) >= 11 is 0. The van der Waals surface area contributed by atoms with E-state index in [2.05, 4.69) is 20.2 Å². The molecule has 0 amide bonds. The number of fused-ring (bicyclic) bond motifs is 1. The van der Waals surface area contributed by atoms with Gasteiger partial charge in [0, 0.05) is 44.4 Å². The number of nitrogens with zero attached hydrogens (tertiary/aromatic N) is 3. The minimum Gasteiger partial charge on any atom is -0.341 e. The van der Waals surface area contributed by atoms with Gasteiger partial charge in [0.05, 0.1) is 5.69 Å².